The van der Waals surface area contributed by atoms with E-state index in [4.69, 9.17) is 15.2 Å². The van der Waals surface area contributed by atoms with Crippen LogP contribution in [0.4, 0.5) is 0 Å². The van der Waals surface area contributed by atoms with Crippen LogP contribution >= 0.6 is 0 Å². The Labute approximate surface area is 120 Å². The van der Waals surface area contributed by atoms with E-state index in [1.807, 2.05) is 50.2 Å². The summed E-state index contributed by atoms with van der Waals surface area (Å²) < 4.78 is 11.4. The molecule has 0 amide bonds. The predicted molar refractivity (Wildman–Crippen MR) is 81.1 cm³/mol. The molecule has 0 saturated carbocycles. The van der Waals surface area contributed by atoms with Crippen LogP contribution in [0.5, 0.6) is 11.5 Å². The van der Waals surface area contributed by atoms with Crippen LogP contribution in [0.3, 0.4) is 0 Å². The van der Waals surface area contributed by atoms with Crippen molar-refractivity contribution >= 4 is 0 Å². The molecule has 0 fully saturated rings. The molecule has 0 aromatic heterocycles. The summed E-state index contributed by atoms with van der Waals surface area (Å²) in [4.78, 5) is 0. The molecule has 2 atom stereocenters. The SMILES string of the molecule is COc1cccc(OC(C)c2ccccc2)c1[C@H](C)N. The molecule has 0 aliphatic heterocycles. The van der Waals surface area contributed by atoms with E-state index in [0.717, 1.165) is 22.6 Å². The summed E-state index contributed by atoms with van der Waals surface area (Å²) in [5.41, 5.74) is 8.08. The highest BCUT2D eigenvalue weighted by molar-refractivity contribution is 5.46. The first kappa shape index (κ1) is 14.4. The fraction of sp³-hybridized carbons (Fsp3) is 0.294. The molecule has 2 rings (SSSR count). The van der Waals surface area contributed by atoms with Gasteiger partial charge in [-0.15, -0.1) is 0 Å². The van der Waals surface area contributed by atoms with E-state index >= 15 is 0 Å². The molecule has 20 heavy (non-hydrogen) atoms. The van der Waals surface area contributed by atoms with E-state index in [9.17, 15) is 0 Å². The fourth-order valence-electron chi connectivity index (χ4n) is 2.24. The lowest BCUT2D eigenvalue weighted by Crippen LogP contribution is -2.11. The van der Waals surface area contributed by atoms with Crippen molar-refractivity contribution in [2.24, 2.45) is 5.73 Å². The van der Waals surface area contributed by atoms with Crippen LogP contribution in [0.2, 0.25) is 0 Å². The normalized spacial score (nSPS) is 13.6. The Kier molecular flexibility index (Phi) is 4.64. The first-order valence-corrected chi connectivity index (χ1v) is 6.77. The van der Waals surface area contributed by atoms with Crippen molar-refractivity contribution in [3.8, 4) is 11.5 Å². The Bertz CT molecular complexity index is 552. The van der Waals surface area contributed by atoms with E-state index in [1.54, 1.807) is 7.11 Å². The number of benzene rings is 2. The van der Waals surface area contributed by atoms with Gasteiger partial charge in [0.1, 0.15) is 17.6 Å². The molecule has 2 N–H and O–H groups in total. The molecule has 0 aliphatic rings. The summed E-state index contributed by atoms with van der Waals surface area (Å²) in [6, 6.07) is 15.7. The molecule has 106 valence electrons. The lowest BCUT2D eigenvalue weighted by molar-refractivity contribution is 0.222. The lowest BCUT2D eigenvalue weighted by atomic mass is 10.1. The highest BCUT2D eigenvalue weighted by Crippen LogP contribution is 2.35. The van der Waals surface area contributed by atoms with Gasteiger partial charge in [-0.05, 0) is 31.5 Å². The van der Waals surface area contributed by atoms with Gasteiger partial charge in [0.15, 0.2) is 0 Å². The summed E-state index contributed by atoms with van der Waals surface area (Å²) in [7, 11) is 1.64. The minimum Gasteiger partial charge on any atom is -0.496 e. The van der Waals surface area contributed by atoms with Crippen molar-refractivity contribution in [2.75, 3.05) is 7.11 Å². The Morgan fingerprint density at radius 3 is 2.15 bits per heavy atom. The van der Waals surface area contributed by atoms with Gasteiger partial charge in [-0.2, -0.15) is 0 Å². The second-order valence-corrected chi connectivity index (χ2v) is 4.83. The summed E-state index contributed by atoms with van der Waals surface area (Å²) >= 11 is 0. The number of hydrogen-bond acceptors (Lipinski definition) is 3. The third-order valence-corrected chi connectivity index (χ3v) is 3.27. The van der Waals surface area contributed by atoms with Crippen LogP contribution in [-0.2, 0) is 0 Å². The number of ether oxygens (including phenoxy) is 2. The molecule has 3 heteroatoms. The van der Waals surface area contributed by atoms with Gasteiger partial charge in [0, 0.05) is 6.04 Å². The zero-order valence-electron chi connectivity index (χ0n) is 12.2. The number of methoxy groups -OCH3 is 1. The van der Waals surface area contributed by atoms with Crippen molar-refractivity contribution in [1.82, 2.24) is 0 Å². The third-order valence-electron chi connectivity index (χ3n) is 3.27. The van der Waals surface area contributed by atoms with Crippen molar-refractivity contribution in [3.05, 3.63) is 59.7 Å². The van der Waals surface area contributed by atoms with Crippen LogP contribution in [-0.4, -0.2) is 7.11 Å². The van der Waals surface area contributed by atoms with Gasteiger partial charge in [-0.25, -0.2) is 0 Å². The molecule has 2 aromatic rings. The first-order chi connectivity index (χ1) is 9.63. The maximum absolute atomic E-state index is 6.08. The van der Waals surface area contributed by atoms with Crippen molar-refractivity contribution in [1.29, 1.82) is 0 Å². The van der Waals surface area contributed by atoms with E-state index in [2.05, 4.69) is 12.1 Å². The molecule has 0 aliphatic carbocycles. The molecular weight excluding hydrogens is 250 g/mol. The molecule has 1 unspecified atom stereocenters. The predicted octanol–water partition coefficient (Wildman–Crippen LogP) is 3.85. The summed E-state index contributed by atoms with van der Waals surface area (Å²) in [6.07, 6.45) is -0.0409. The van der Waals surface area contributed by atoms with Gasteiger partial charge in [0.05, 0.1) is 12.7 Å². The van der Waals surface area contributed by atoms with E-state index in [-0.39, 0.29) is 12.1 Å². The Morgan fingerprint density at radius 1 is 0.900 bits per heavy atom. The average molecular weight is 271 g/mol. The molecule has 2 aromatic carbocycles. The van der Waals surface area contributed by atoms with Crippen LogP contribution < -0.4 is 15.2 Å². The molecule has 0 heterocycles. The highest BCUT2D eigenvalue weighted by Gasteiger charge is 2.16. The fourth-order valence-corrected chi connectivity index (χ4v) is 2.24. The molecule has 0 spiro atoms. The van der Waals surface area contributed by atoms with E-state index in [0.29, 0.717) is 0 Å². The van der Waals surface area contributed by atoms with Crippen LogP contribution in [0.15, 0.2) is 48.5 Å². The number of rotatable bonds is 5. The average Bonchev–Trinajstić information content (AvgIpc) is 2.47. The highest BCUT2D eigenvalue weighted by atomic mass is 16.5. The van der Waals surface area contributed by atoms with Gasteiger partial charge >= 0.3 is 0 Å². The van der Waals surface area contributed by atoms with Crippen LogP contribution in [0.25, 0.3) is 0 Å². The molecule has 3 nitrogen and oxygen atoms in total. The topological polar surface area (TPSA) is 44.5 Å². The lowest BCUT2D eigenvalue weighted by Gasteiger charge is -2.21. The number of hydrogen-bond donors (Lipinski definition) is 1. The summed E-state index contributed by atoms with van der Waals surface area (Å²) in [5, 5.41) is 0. The molecule has 0 radical (unpaired) electrons. The smallest absolute Gasteiger partial charge is 0.128 e. The Hall–Kier alpha value is -2.00. The van der Waals surface area contributed by atoms with Gasteiger partial charge < -0.3 is 15.2 Å². The van der Waals surface area contributed by atoms with E-state index < -0.39 is 0 Å². The largest absolute Gasteiger partial charge is 0.496 e. The van der Waals surface area contributed by atoms with Gasteiger partial charge in [0.25, 0.3) is 0 Å². The minimum atomic E-state index is -0.149. The van der Waals surface area contributed by atoms with Gasteiger partial charge in [-0.3, -0.25) is 0 Å². The Balaban J connectivity index is 2.29. The zero-order valence-corrected chi connectivity index (χ0v) is 12.2. The standard InChI is InChI=1S/C17H21NO2/c1-12(18)17-15(19-3)10-7-11-16(17)20-13(2)14-8-5-4-6-9-14/h4-13H,18H2,1-3H3/t12-,13?/m0/s1. The zero-order chi connectivity index (χ0) is 14.5. The van der Waals surface area contributed by atoms with Crippen molar-refractivity contribution < 1.29 is 9.47 Å². The van der Waals surface area contributed by atoms with E-state index in [1.165, 1.54) is 0 Å². The monoisotopic (exact) mass is 271 g/mol. The summed E-state index contributed by atoms with van der Waals surface area (Å²) in [6.45, 7) is 3.96. The van der Waals surface area contributed by atoms with Crippen LogP contribution in [0.1, 0.15) is 37.1 Å². The van der Waals surface area contributed by atoms with Crippen molar-refractivity contribution in [3.63, 3.8) is 0 Å². The van der Waals surface area contributed by atoms with Gasteiger partial charge in [0.2, 0.25) is 0 Å². The van der Waals surface area contributed by atoms with Gasteiger partial charge in [-0.1, -0.05) is 36.4 Å². The number of nitrogens with two attached hydrogens (primary N) is 1. The Morgan fingerprint density at radius 2 is 1.55 bits per heavy atom. The minimum absolute atomic E-state index is 0.0409. The van der Waals surface area contributed by atoms with Crippen molar-refractivity contribution in [2.45, 2.75) is 26.0 Å². The maximum Gasteiger partial charge on any atom is 0.128 e. The second kappa shape index (κ2) is 6.44. The molecular formula is C17H21NO2. The molecule has 0 saturated heterocycles. The first-order valence-electron chi connectivity index (χ1n) is 6.77. The summed E-state index contributed by atoms with van der Waals surface area (Å²) in [5.74, 6) is 1.54. The van der Waals surface area contributed by atoms with Crippen LogP contribution in [0, 0.1) is 0 Å². The third kappa shape index (κ3) is 3.11. The second-order valence-electron chi connectivity index (χ2n) is 4.83. The molecule has 0 bridgehead atoms. The quantitative estimate of drug-likeness (QED) is 0.898. The maximum atomic E-state index is 6.08.